The molecule has 114 valence electrons. The molecule has 1 unspecified atom stereocenters. The maximum absolute atomic E-state index is 12.3. The summed E-state index contributed by atoms with van der Waals surface area (Å²) in [6, 6.07) is 0. The van der Waals surface area contributed by atoms with E-state index in [1.54, 1.807) is 0 Å². The van der Waals surface area contributed by atoms with Crippen molar-refractivity contribution in [1.29, 1.82) is 0 Å². The first kappa shape index (κ1) is 14.3. The van der Waals surface area contributed by atoms with Gasteiger partial charge in [0.15, 0.2) is 0 Å². The van der Waals surface area contributed by atoms with Gasteiger partial charge in [-0.15, -0.1) is 0 Å². The molecule has 0 radical (unpaired) electrons. The second-order valence-electron chi connectivity index (χ2n) is 6.57. The zero-order chi connectivity index (χ0) is 13.8. The van der Waals surface area contributed by atoms with Gasteiger partial charge in [-0.1, -0.05) is 12.8 Å². The van der Waals surface area contributed by atoms with Crippen LogP contribution in [0.1, 0.15) is 44.9 Å². The zero-order valence-corrected chi connectivity index (χ0v) is 12.4. The van der Waals surface area contributed by atoms with Crippen molar-refractivity contribution in [1.82, 2.24) is 4.90 Å². The van der Waals surface area contributed by atoms with Gasteiger partial charge in [0.2, 0.25) is 5.91 Å². The third-order valence-electron chi connectivity index (χ3n) is 5.05. The molecule has 2 aliphatic heterocycles. The maximum atomic E-state index is 12.3. The molecule has 0 spiro atoms. The van der Waals surface area contributed by atoms with Crippen LogP contribution in [0.15, 0.2) is 0 Å². The van der Waals surface area contributed by atoms with E-state index in [-0.39, 0.29) is 0 Å². The fourth-order valence-electron chi connectivity index (χ4n) is 3.66. The first-order chi connectivity index (χ1) is 9.83. The van der Waals surface area contributed by atoms with Gasteiger partial charge in [0.05, 0.1) is 19.3 Å². The first-order valence-electron chi connectivity index (χ1n) is 8.31. The standard InChI is InChI=1S/C16H27NO3/c18-16(14-3-1-2-4-14)17-8-5-15(6-9-17)20-12-13-7-10-19-11-13/h13-15H,1-12H2. The second-order valence-corrected chi connectivity index (χ2v) is 6.57. The molecule has 20 heavy (non-hydrogen) atoms. The third kappa shape index (κ3) is 3.53. The third-order valence-corrected chi connectivity index (χ3v) is 5.05. The summed E-state index contributed by atoms with van der Waals surface area (Å²) in [7, 11) is 0. The van der Waals surface area contributed by atoms with E-state index in [4.69, 9.17) is 9.47 Å². The summed E-state index contributed by atoms with van der Waals surface area (Å²) >= 11 is 0. The first-order valence-corrected chi connectivity index (χ1v) is 8.31. The number of carbonyl (C=O) groups excluding carboxylic acids is 1. The van der Waals surface area contributed by atoms with Crippen LogP contribution in [-0.4, -0.2) is 49.8 Å². The number of hydrogen-bond acceptors (Lipinski definition) is 3. The Kier molecular flexibility index (Phi) is 4.94. The van der Waals surface area contributed by atoms with E-state index in [1.807, 2.05) is 0 Å². The smallest absolute Gasteiger partial charge is 0.225 e. The van der Waals surface area contributed by atoms with Gasteiger partial charge in [-0.3, -0.25) is 4.79 Å². The molecule has 2 heterocycles. The van der Waals surface area contributed by atoms with E-state index in [2.05, 4.69) is 4.90 Å². The summed E-state index contributed by atoms with van der Waals surface area (Å²) in [6.07, 6.45) is 8.19. The molecule has 2 saturated heterocycles. The highest BCUT2D eigenvalue weighted by Crippen LogP contribution is 2.28. The maximum Gasteiger partial charge on any atom is 0.225 e. The summed E-state index contributed by atoms with van der Waals surface area (Å²) in [6.45, 7) is 4.37. The molecular weight excluding hydrogens is 254 g/mol. The van der Waals surface area contributed by atoms with Gasteiger partial charge >= 0.3 is 0 Å². The number of likely N-dealkylation sites (tertiary alicyclic amines) is 1. The van der Waals surface area contributed by atoms with Crippen molar-refractivity contribution in [2.75, 3.05) is 32.9 Å². The van der Waals surface area contributed by atoms with Crippen molar-refractivity contribution < 1.29 is 14.3 Å². The predicted molar refractivity (Wildman–Crippen MR) is 76.4 cm³/mol. The SMILES string of the molecule is O=C(C1CCCC1)N1CCC(OCC2CCOC2)CC1. The van der Waals surface area contributed by atoms with Crippen molar-refractivity contribution in [3.05, 3.63) is 0 Å². The van der Waals surface area contributed by atoms with Crippen LogP contribution < -0.4 is 0 Å². The molecule has 0 aromatic heterocycles. The van der Waals surface area contributed by atoms with E-state index >= 15 is 0 Å². The molecule has 4 nitrogen and oxygen atoms in total. The van der Waals surface area contributed by atoms with Gasteiger partial charge < -0.3 is 14.4 Å². The molecular formula is C16H27NO3. The number of amides is 1. The number of piperidine rings is 1. The molecule has 0 aromatic carbocycles. The number of hydrogen-bond donors (Lipinski definition) is 0. The lowest BCUT2D eigenvalue weighted by Crippen LogP contribution is -2.43. The van der Waals surface area contributed by atoms with Crippen molar-refractivity contribution >= 4 is 5.91 Å². The van der Waals surface area contributed by atoms with Crippen molar-refractivity contribution in [3.63, 3.8) is 0 Å². The van der Waals surface area contributed by atoms with E-state index in [0.29, 0.717) is 23.8 Å². The van der Waals surface area contributed by atoms with Gasteiger partial charge in [0.1, 0.15) is 0 Å². The van der Waals surface area contributed by atoms with Gasteiger partial charge in [-0.05, 0) is 32.1 Å². The monoisotopic (exact) mass is 281 g/mol. The Bertz CT molecular complexity index is 314. The summed E-state index contributed by atoms with van der Waals surface area (Å²) in [5.41, 5.74) is 0. The lowest BCUT2D eigenvalue weighted by molar-refractivity contribution is -0.138. The molecule has 0 aromatic rings. The van der Waals surface area contributed by atoms with Crippen molar-refractivity contribution in [2.45, 2.75) is 51.0 Å². The zero-order valence-electron chi connectivity index (χ0n) is 12.4. The summed E-state index contributed by atoms with van der Waals surface area (Å²) in [5.74, 6) is 1.32. The molecule has 1 amide bonds. The lowest BCUT2D eigenvalue weighted by atomic mass is 10.0. The van der Waals surface area contributed by atoms with Gasteiger partial charge in [0, 0.05) is 31.5 Å². The van der Waals surface area contributed by atoms with E-state index in [0.717, 1.165) is 65.0 Å². The molecule has 0 bridgehead atoms. The van der Waals surface area contributed by atoms with Crippen LogP contribution in [0.5, 0.6) is 0 Å². The molecule has 0 N–H and O–H groups in total. The average Bonchev–Trinajstić information content (AvgIpc) is 3.18. The molecule has 3 fully saturated rings. The topological polar surface area (TPSA) is 38.8 Å². The Labute approximate surface area is 121 Å². The number of ether oxygens (including phenoxy) is 2. The molecule has 3 aliphatic rings. The van der Waals surface area contributed by atoms with E-state index < -0.39 is 0 Å². The Hall–Kier alpha value is -0.610. The molecule has 1 atom stereocenters. The molecule has 1 saturated carbocycles. The van der Waals surface area contributed by atoms with E-state index in [1.165, 1.54) is 12.8 Å². The molecule has 1 aliphatic carbocycles. The average molecular weight is 281 g/mol. The summed E-state index contributed by atoms with van der Waals surface area (Å²) < 4.78 is 11.4. The van der Waals surface area contributed by atoms with Crippen LogP contribution in [0.3, 0.4) is 0 Å². The van der Waals surface area contributed by atoms with Crippen LogP contribution in [0.25, 0.3) is 0 Å². The van der Waals surface area contributed by atoms with E-state index in [9.17, 15) is 4.79 Å². The van der Waals surface area contributed by atoms with Crippen LogP contribution in [0, 0.1) is 11.8 Å². The normalized spacial score (nSPS) is 29.2. The fraction of sp³-hybridized carbons (Fsp3) is 0.938. The van der Waals surface area contributed by atoms with Crippen LogP contribution in [0.4, 0.5) is 0 Å². The van der Waals surface area contributed by atoms with Gasteiger partial charge in [0.25, 0.3) is 0 Å². The Balaban J connectivity index is 1.36. The minimum atomic E-state index is 0.322. The quantitative estimate of drug-likeness (QED) is 0.793. The second kappa shape index (κ2) is 6.90. The number of carbonyl (C=O) groups is 1. The highest BCUT2D eigenvalue weighted by Gasteiger charge is 2.30. The van der Waals surface area contributed by atoms with Gasteiger partial charge in [-0.2, -0.15) is 0 Å². The number of nitrogens with zero attached hydrogens (tertiary/aromatic N) is 1. The molecule has 4 heteroatoms. The Morgan fingerprint density at radius 1 is 1.10 bits per heavy atom. The minimum absolute atomic E-state index is 0.322. The molecule has 3 rings (SSSR count). The highest BCUT2D eigenvalue weighted by molar-refractivity contribution is 5.79. The predicted octanol–water partition coefficient (Wildman–Crippen LogP) is 2.22. The number of rotatable bonds is 4. The summed E-state index contributed by atoms with van der Waals surface area (Å²) in [4.78, 5) is 14.4. The van der Waals surface area contributed by atoms with Crippen molar-refractivity contribution in [2.24, 2.45) is 11.8 Å². The fourth-order valence-corrected chi connectivity index (χ4v) is 3.66. The van der Waals surface area contributed by atoms with Crippen molar-refractivity contribution in [3.8, 4) is 0 Å². The van der Waals surface area contributed by atoms with Gasteiger partial charge in [-0.25, -0.2) is 0 Å². The van der Waals surface area contributed by atoms with Crippen LogP contribution in [0.2, 0.25) is 0 Å². The minimum Gasteiger partial charge on any atom is -0.381 e. The van der Waals surface area contributed by atoms with Crippen LogP contribution in [-0.2, 0) is 14.3 Å². The largest absolute Gasteiger partial charge is 0.381 e. The highest BCUT2D eigenvalue weighted by atomic mass is 16.5. The Morgan fingerprint density at radius 3 is 2.50 bits per heavy atom. The summed E-state index contributed by atoms with van der Waals surface area (Å²) in [5, 5.41) is 0. The lowest BCUT2D eigenvalue weighted by Gasteiger charge is -2.33. The Morgan fingerprint density at radius 2 is 1.85 bits per heavy atom. The van der Waals surface area contributed by atoms with Crippen LogP contribution >= 0.6 is 0 Å².